The van der Waals surface area contributed by atoms with Gasteiger partial charge in [0, 0.05) is 18.6 Å². The van der Waals surface area contributed by atoms with E-state index >= 15 is 0 Å². The Morgan fingerprint density at radius 3 is 2.62 bits per heavy atom. The van der Waals surface area contributed by atoms with Crippen molar-refractivity contribution < 1.29 is 4.74 Å². The van der Waals surface area contributed by atoms with Gasteiger partial charge in [-0.25, -0.2) is 0 Å². The minimum absolute atomic E-state index is 0.171. The van der Waals surface area contributed by atoms with E-state index in [9.17, 15) is 0 Å². The fourth-order valence-corrected chi connectivity index (χ4v) is 1.72. The first-order valence-corrected chi connectivity index (χ1v) is 6.09. The van der Waals surface area contributed by atoms with Crippen LogP contribution in [0.3, 0.4) is 0 Å². The Morgan fingerprint density at radius 2 is 2.12 bits per heavy atom. The van der Waals surface area contributed by atoms with E-state index in [1.54, 1.807) is 0 Å². The van der Waals surface area contributed by atoms with Crippen LogP contribution in [-0.2, 0) is 4.74 Å². The van der Waals surface area contributed by atoms with Crippen LogP contribution in [-0.4, -0.2) is 63.4 Å². The number of rotatable bonds is 9. The number of epoxide rings is 1. The van der Waals surface area contributed by atoms with Crippen LogP contribution in [0.5, 0.6) is 0 Å². The summed E-state index contributed by atoms with van der Waals surface area (Å²) in [6, 6.07) is 0.485. The highest BCUT2D eigenvalue weighted by Crippen LogP contribution is 2.08. The standard InChI is InChI=1S/C11H26N4O/c1-15(2)6-4-10(13)11(3-5-12)14-7-9-8-16-9/h9-11,14H,3-8,12-13H2,1-2H3. The Balaban J connectivity index is 2.22. The zero-order valence-corrected chi connectivity index (χ0v) is 10.5. The highest BCUT2D eigenvalue weighted by Gasteiger charge is 2.25. The van der Waals surface area contributed by atoms with Gasteiger partial charge in [-0.05, 0) is 40.0 Å². The first kappa shape index (κ1) is 13.9. The number of hydrogen-bond donors (Lipinski definition) is 3. The van der Waals surface area contributed by atoms with E-state index < -0.39 is 0 Å². The summed E-state index contributed by atoms with van der Waals surface area (Å²) in [4.78, 5) is 2.16. The fourth-order valence-electron chi connectivity index (χ4n) is 1.72. The fraction of sp³-hybridized carbons (Fsp3) is 1.00. The Labute approximate surface area is 98.5 Å². The van der Waals surface area contributed by atoms with Crippen molar-refractivity contribution in [3.05, 3.63) is 0 Å². The van der Waals surface area contributed by atoms with Gasteiger partial charge in [0.05, 0.1) is 12.7 Å². The molecule has 1 heterocycles. The van der Waals surface area contributed by atoms with Crippen molar-refractivity contribution in [1.82, 2.24) is 10.2 Å². The minimum Gasteiger partial charge on any atom is -0.372 e. The number of hydrogen-bond acceptors (Lipinski definition) is 5. The lowest BCUT2D eigenvalue weighted by molar-refractivity contribution is 0.321. The molecule has 1 rings (SSSR count). The van der Waals surface area contributed by atoms with E-state index in [1.165, 1.54) is 0 Å². The minimum atomic E-state index is 0.171. The van der Waals surface area contributed by atoms with Crippen molar-refractivity contribution in [1.29, 1.82) is 0 Å². The molecular formula is C11H26N4O. The zero-order chi connectivity index (χ0) is 12.0. The third-order valence-electron chi connectivity index (χ3n) is 2.91. The molecule has 0 spiro atoms. The van der Waals surface area contributed by atoms with Crippen LogP contribution in [0.25, 0.3) is 0 Å². The molecule has 0 aliphatic carbocycles. The molecule has 1 aliphatic heterocycles. The summed E-state index contributed by atoms with van der Waals surface area (Å²) in [6.45, 7) is 3.48. The molecule has 3 unspecified atom stereocenters. The highest BCUT2D eigenvalue weighted by atomic mass is 16.6. The van der Waals surface area contributed by atoms with Crippen LogP contribution < -0.4 is 16.8 Å². The lowest BCUT2D eigenvalue weighted by atomic mass is 10.0. The Morgan fingerprint density at radius 1 is 1.44 bits per heavy atom. The molecule has 0 bridgehead atoms. The highest BCUT2D eigenvalue weighted by molar-refractivity contribution is 4.83. The largest absolute Gasteiger partial charge is 0.372 e. The molecule has 1 saturated heterocycles. The Kier molecular flexibility index (Phi) is 6.23. The van der Waals surface area contributed by atoms with Gasteiger partial charge in [-0.15, -0.1) is 0 Å². The predicted octanol–water partition coefficient (Wildman–Crippen LogP) is -1.03. The molecule has 0 aromatic heterocycles. The van der Waals surface area contributed by atoms with Crippen molar-refractivity contribution in [2.75, 3.05) is 40.3 Å². The molecule has 0 aromatic carbocycles. The Hall–Kier alpha value is -0.200. The van der Waals surface area contributed by atoms with Crippen molar-refractivity contribution in [3.63, 3.8) is 0 Å². The molecule has 0 saturated carbocycles. The summed E-state index contributed by atoms with van der Waals surface area (Å²) >= 11 is 0. The van der Waals surface area contributed by atoms with E-state index in [2.05, 4.69) is 24.3 Å². The van der Waals surface area contributed by atoms with Gasteiger partial charge < -0.3 is 26.4 Å². The quantitative estimate of drug-likeness (QED) is 0.441. The van der Waals surface area contributed by atoms with E-state index in [4.69, 9.17) is 16.2 Å². The van der Waals surface area contributed by atoms with Crippen LogP contribution in [0, 0.1) is 0 Å². The molecule has 0 radical (unpaired) electrons. The topological polar surface area (TPSA) is 79.8 Å². The summed E-state index contributed by atoms with van der Waals surface area (Å²) in [6.07, 6.45) is 2.33. The van der Waals surface area contributed by atoms with Crippen molar-refractivity contribution in [2.45, 2.75) is 31.0 Å². The molecule has 3 atom stereocenters. The molecule has 1 aliphatic rings. The van der Waals surface area contributed by atoms with Gasteiger partial charge in [-0.2, -0.15) is 0 Å². The molecule has 16 heavy (non-hydrogen) atoms. The summed E-state index contributed by atoms with van der Waals surface area (Å²) in [5, 5.41) is 3.46. The molecule has 5 heteroatoms. The van der Waals surface area contributed by atoms with Crippen molar-refractivity contribution in [2.24, 2.45) is 11.5 Å². The maximum atomic E-state index is 6.17. The second-order valence-electron chi connectivity index (χ2n) is 4.80. The average molecular weight is 230 g/mol. The van der Waals surface area contributed by atoms with Gasteiger partial charge in [0.1, 0.15) is 0 Å². The molecule has 96 valence electrons. The predicted molar refractivity (Wildman–Crippen MR) is 66.3 cm³/mol. The van der Waals surface area contributed by atoms with Gasteiger partial charge in [-0.3, -0.25) is 0 Å². The van der Waals surface area contributed by atoms with Gasteiger partial charge in [0.25, 0.3) is 0 Å². The number of nitrogens with zero attached hydrogens (tertiary/aromatic N) is 1. The van der Waals surface area contributed by atoms with Gasteiger partial charge in [-0.1, -0.05) is 0 Å². The van der Waals surface area contributed by atoms with Crippen molar-refractivity contribution >= 4 is 0 Å². The molecule has 0 amide bonds. The van der Waals surface area contributed by atoms with E-state index in [0.717, 1.165) is 32.5 Å². The third-order valence-corrected chi connectivity index (χ3v) is 2.91. The molecule has 5 N–H and O–H groups in total. The SMILES string of the molecule is CN(C)CCC(N)C(CCN)NCC1CO1. The number of nitrogens with one attached hydrogen (secondary N) is 1. The average Bonchev–Trinajstić information content (AvgIpc) is 3.04. The maximum absolute atomic E-state index is 6.17. The zero-order valence-electron chi connectivity index (χ0n) is 10.5. The van der Waals surface area contributed by atoms with Gasteiger partial charge >= 0.3 is 0 Å². The molecular weight excluding hydrogens is 204 g/mol. The molecule has 5 nitrogen and oxygen atoms in total. The maximum Gasteiger partial charge on any atom is 0.0934 e. The second-order valence-corrected chi connectivity index (χ2v) is 4.80. The van der Waals surface area contributed by atoms with Crippen LogP contribution in [0.15, 0.2) is 0 Å². The van der Waals surface area contributed by atoms with Crippen LogP contribution in [0.4, 0.5) is 0 Å². The summed E-state index contributed by atoms with van der Waals surface area (Å²) in [7, 11) is 4.13. The van der Waals surface area contributed by atoms with Crippen LogP contribution in [0.1, 0.15) is 12.8 Å². The lowest BCUT2D eigenvalue weighted by Gasteiger charge is -2.25. The number of nitrogens with two attached hydrogens (primary N) is 2. The summed E-state index contributed by atoms with van der Waals surface area (Å²) in [5.74, 6) is 0. The first-order chi connectivity index (χ1) is 7.63. The van der Waals surface area contributed by atoms with Gasteiger partial charge in [0.2, 0.25) is 0 Å². The summed E-state index contributed by atoms with van der Waals surface area (Å²) < 4.78 is 5.17. The monoisotopic (exact) mass is 230 g/mol. The van der Waals surface area contributed by atoms with Gasteiger partial charge in [0.15, 0.2) is 0 Å². The van der Waals surface area contributed by atoms with Crippen LogP contribution >= 0.6 is 0 Å². The second kappa shape index (κ2) is 7.19. The lowest BCUT2D eigenvalue weighted by Crippen LogP contribution is -2.48. The molecule has 1 fully saturated rings. The smallest absolute Gasteiger partial charge is 0.0934 e. The van der Waals surface area contributed by atoms with E-state index in [1.807, 2.05) is 0 Å². The van der Waals surface area contributed by atoms with E-state index in [0.29, 0.717) is 18.7 Å². The third kappa shape index (κ3) is 5.77. The Bertz CT molecular complexity index is 185. The molecule has 0 aromatic rings. The van der Waals surface area contributed by atoms with E-state index in [-0.39, 0.29) is 6.04 Å². The van der Waals surface area contributed by atoms with Crippen LogP contribution in [0.2, 0.25) is 0 Å². The number of ether oxygens (including phenoxy) is 1. The van der Waals surface area contributed by atoms with Crippen molar-refractivity contribution in [3.8, 4) is 0 Å². The summed E-state index contributed by atoms with van der Waals surface area (Å²) in [5.41, 5.74) is 11.8. The first-order valence-electron chi connectivity index (χ1n) is 6.09. The normalized spacial score (nSPS) is 23.4.